The molecule has 0 aromatic heterocycles. The van der Waals surface area contributed by atoms with Gasteiger partial charge in [-0.2, -0.15) is 0 Å². The number of carbonyl (C=O) groups excluding carboxylic acids is 1. The molecule has 2 aliphatic heterocycles. The molecule has 2 N–H and O–H groups in total. The Labute approximate surface area is 173 Å². The van der Waals surface area contributed by atoms with E-state index in [0.717, 1.165) is 12.8 Å². The van der Waals surface area contributed by atoms with Gasteiger partial charge in [-0.15, -0.1) is 24.8 Å². The van der Waals surface area contributed by atoms with Gasteiger partial charge < -0.3 is 15.4 Å². The van der Waals surface area contributed by atoms with Crippen molar-refractivity contribution in [3.63, 3.8) is 0 Å². The summed E-state index contributed by atoms with van der Waals surface area (Å²) in [6.07, 6.45) is 1.83. The second-order valence-corrected chi connectivity index (χ2v) is 7.09. The van der Waals surface area contributed by atoms with Gasteiger partial charge in [0.2, 0.25) is 5.91 Å². The van der Waals surface area contributed by atoms with Crippen molar-refractivity contribution in [1.82, 2.24) is 9.80 Å². The van der Waals surface area contributed by atoms with E-state index in [2.05, 4.69) is 0 Å². The molecule has 1 aromatic rings. The SMILES string of the molecule is CC(N)C1CCN(C(=O)C(c2ccccc2F)N2CCOCC2)CC1.Cl.Cl. The van der Waals surface area contributed by atoms with Crippen molar-refractivity contribution in [3.05, 3.63) is 35.6 Å². The average molecular weight is 422 g/mol. The lowest BCUT2D eigenvalue weighted by Gasteiger charge is -2.40. The first kappa shape index (κ1) is 24.1. The average Bonchev–Trinajstić information content (AvgIpc) is 2.64. The first-order chi connectivity index (χ1) is 12.1. The molecule has 2 atom stereocenters. The minimum Gasteiger partial charge on any atom is -0.379 e. The van der Waals surface area contributed by atoms with Gasteiger partial charge >= 0.3 is 0 Å². The lowest BCUT2D eigenvalue weighted by molar-refractivity contribution is -0.140. The lowest BCUT2D eigenvalue weighted by atomic mass is 9.90. The Bertz CT molecular complexity index is 592. The van der Waals surface area contributed by atoms with Crippen LogP contribution in [0.2, 0.25) is 0 Å². The number of piperidine rings is 1. The maximum absolute atomic E-state index is 14.4. The summed E-state index contributed by atoms with van der Waals surface area (Å²) in [6.45, 7) is 5.84. The van der Waals surface area contributed by atoms with Crippen LogP contribution in [0.3, 0.4) is 0 Å². The number of ether oxygens (including phenoxy) is 1. The molecular formula is C19H30Cl2FN3O2. The molecule has 2 unspecified atom stereocenters. The van der Waals surface area contributed by atoms with Crippen molar-refractivity contribution >= 4 is 30.7 Å². The molecule has 0 spiro atoms. The number of nitrogens with zero attached hydrogens (tertiary/aromatic N) is 2. The molecule has 0 saturated carbocycles. The molecule has 2 aliphatic rings. The van der Waals surface area contributed by atoms with Crippen molar-refractivity contribution in [2.45, 2.75) is 31.8 Å². The zero-order valence-electron chi connectivity index (χ0n) is 15.7. The number of benzene rings is 1. The summed E-state index contributed by atoms with van der Waals surface area (Å²) in [5.41, 5.74) is 6.46. The fourth-order valence-electron chi connectivity index (χ4n) is 3.84. The summed E-state index contributed by atoms with van der Waals surface area (Å²) >= 11 is 0. The largest absolute Gasteiger partial charge is 0.379 e. The van der Waals surface area contributed by atoms with E-state index >= 15 is 0 Å². The molecule has 8 heteroatoms. The van der Waals surface area contributed by atoms with E-state index in [1.807, 2.05) is 16.7 Å². The Morgan fingerprint density at radius 2 is 1.74 bits per heavy atom. The summed E-state index contributed by atoms with van der Waals surface area (Å²) in [6, 6.07) is 6.19. The smallest absolute Gasteiger partial charge is 0.244 e. The number of morpholine rings is 1. The number of rotatable bonds is 4. The van der Waals surface area contributed by atoms with Crippen molar-refractivity contribution in [1.29, 1.82) is 0 Å². The van der Waals surface area contributed by atoms with Crippen LogP contribution in [0, 0.1) is 11.7 Å². The number of amides is 1. The maximum Gasteiger partial charge on any atom is 0.244 e. The molecule has 0 radical (unpaired) electrons. The third-order valence-corrected chi connectivity index (χ3v) is 5.44. The minimum atomic E-state index is -0.572. The third-order valence-electron chi connectivity index (χ3n) is 5.44. The molecule has 3 rings (SSSR count). The van der Waals surface area contributed by atoms with Gasteiger partial charge in [0.1, 0.15) is 11.9 Å². The van der Waals surface area contributed by atoms with Gasteiger partial charge in [0, 0.05) is 37.8 Å². The zero-order valence-corrected chi connectivity index (χ0v) is 17.3. The Morgan fingerprint density at radius 3 is 2.30 bits per heavy atom. The highest BCUT2D eigenvalue weighted by molar-refractivity contribution is 5.85. The van der Waals surface area contributed by atoms with Gasteiger partial charge in [-0.3, -0.25) is 9.69 Å². The summed E-state index contributed by atoms with van der Waals surface area (Å²) in [4.78, 5) is 17.2. The summed E-state index contributed by atoms with van der Waals surface area (Å²) in [5.74, 6) is 0.132. The third kappa shape index (κ3) is 5.78. The van der Waals surface area contributed by atoms with E-state index in [-0.39, 0.29) is 42.6 Å². The van der Waals surface area contributed by atoms with E-state index in [1.165, 1.54) is 6.07 Å². The Morgan fingerprint density at radius 1 is 1.15 bits per heavy atom. The van der Waals surface area contributed by atoms with Crippen molar-refractivity contribution < 1.29 is 13.9 Å². The van der Waals surface area contributed by atoms with E-state index < -0.39 is 6.04 Å². The summed E-state index contributed by atoms with van der Waals surface area (Å²) in [7, 11) is 0. The van der Waals surface area contributed by atoms with E-state index in [9.17, 15) is 9.18 Å². The van der Waals surface area contributed by atoms with Crippen LogP contribution >= 0.6 is 24.8 Å². The van der Waals surface area contributed by atoms with Crippen LogP contribution < -0.4 is 5.73 Å². The number of carbonyl (C=O) groups is 1. The summed E-state index contributed by atoms with van der Waals surface area (Å²) < 4.78 is 19.9. The molecule has 1 amide bonds. The fourth-order valence-corrected chi connectivity index (χ4v) is 3.84. The van der Waals surface area contributed by atoms with Gasteiger partial charge in [0.15, 0.2) is 0 Å². The molecule has 1 aromatic carbocycles. The quantitative estimate of drug-likeness (QED) is 0.811. The van der Waals surface area contributed by atoms with Crippen LogP contribution in [-0.2, 0) is 9.53 Å². The van der Waals surface area contributed by atoms with Gasteiger partial charge in [-0.1, -0.05) is 18.2 Å². The number of hydrogen-bond acceptors (Lipinski definition) is 4. The van der Waals surface area contributed by atoms with Crippen molar-refractivity contribution in [2.24, 2.45) is 11.7 Å². The Kier molecular flexibility index (Phi) is 9.98. The second-order valence-electron chi connectivity index (χ2n) is 7.09. The molecular weight excluding hydrogens is 392 g/mol. The highest BCUT2D eigenvalue weighted by Crippen LogP contribution is 2.29. The monoisotopic (exact) mass is 421 g/mol. The maximum atomic E-state index is 14.4. The molecule has 2 fully saturated rings. The minimum absolute atomic E-state index is 0. The van der Waals surface area contributed by atoms with Crippen molar-refractivity contribution in [2.75, 3.05) is 39.4 Å². The highest BCUT2D eigenvalue weighted by atomic mass is 35.5. The number of halogens is 3. The van der Waals surface area contributed by atoms with E-state index in [4.69, 9.17) is 10.5 Å². The van der Waals surface area contributed by atoms with E-state index in [1.54, 1.807) is 18.2 Å². The van der Waals surface area contributed by atoms with Gasteiger partial charge in [0.25, 0.3) is 0 Å². The predicted octanol–water partition coefficient (Wildman–Crippen LogP) is 2.63. The van der Waals surface area contributed by atoms with Gasteiger partial charge in [-0.05, 0) is 31.7 Å². The van der Waals surface area contributed by atoms with Gasteiger partial charge in [-0.25, -0.2) is 4.39 Å². The van der Waals surface area contributed by atoms with Crippen LogP contribution in [-0.4, -0.2) is 61.1 Å². The Balaban J connectivity index is 0.00000182. The topological polar surface area (TPSA) is 58.8 Å². The molecule has 27 heavy (non-hydrogen) atoms. The normalized spacial score (nSPS) is 20.9. The first-order valence-electron chi connectivity index (χ1n) is 9.18. The number of likely N-dealkylation sites (tertiary alicyclic amines) is 1. The molecule has 154 valence electrons. The molecule has 2 saturated heterocycles. The number of hydrogen-bond donors (Lipinski definition) is 1. The van der Waals surface area contributed by atoms with E-state index in [0.29, 0.717) is 50.9 Å². The zero-order chi connectivity index (χ0) is 17.8. The molecule has 5 nitrogen and oxygen atoms in total. The molecule has 2 heterocycles. The van der Waals surface area contributed by atoms with Crippen LogP contribution in [0.1, 0.15) is 31.4 Å². The lowest BCUT2D eigenvalue weighted by Crippen LogP contribution is -2.50. The number of nitrogens with two attached hydrogens (primary N) is 1. The van der Waals surface area contributed by atoms with Crippen LogP contribution in [0.25, 0.3) is 0 Å². The molecule has 0 bridgehead atoms. The fraction of sp³-hybridized carbons (Fsp3) is 0.632. The summed E-state index contributed by atoms with van der Waals surface area (Å²) in [5, 5.41) is 0. The second kappa shape index (κ2) is 11.2. The van der Waals surface area contributed by atoms with Crippen LogP contribution in [0.5, 0.6) is 0 Å². The van der Waals surface area contributed by atoms with Crippen molar-refractivity contribution in [3.8, 4) is 0 Å². The van der Waals surface area contributed by atoms with Crippen LogP contribution in [0.4, 0.5) is 4.39 Å². The Hall–Kier alpha value is -0.920. The van der Waals surface area contributed by atoms with Crippen LogP contribution in [0.15, 0.2) is 24.3 Å². The predicted molar refractivity (Wildman–Crippen MR) is 109 cm³/mol. The molecule has 0 aliphatic carbocycles. The highest BCUT2D eigenvalue weighted by Gasteiger charge is 2.35. The standard InChI is InChI=1S/C19H28FN3O2.2ClH/c1-14(21)15-6-8-23(9-7-15)19(24)18(22-10-12-25-13-11-22)16-4-2-3-5-17(16)20;;/h2-5,14-15,18H,6-13,21H2,1H3;2*1H. The van der Waals surface area contributed by atoms with Gasteiger partial charge in [0.05, 0.1) is 13.2 Å². The first-order valence-corrected chi connectivity index (χ1v) is 9.18.